The lowest BCUT2D eigenvalue weighted by Gasteiger charge is -2.22. The normalized spacial score (nSPS) is 14.2. The van der Waals surface area contributed by atoms with E-state index >= 15 is 0 Å². The van der Waals surface area contributed by atoms with Crippen molar-refractivity contribution in [3.63, 3.8) is 0 Å². The molecule has 2 unspecified atom stereocenters. The summed E-state index contributed by atoms with van der Waals surface area (Å²) in [7, 11) is 0. The minimum atomic E-state index is -0.300. The highest BCUT2D eigenvalue weighted by molar-refractivity contribution is 5.74. The van der Waals surface area contributed by atoms with Crippen molar-refractivity contribution >= 4 is 5.91 Å². The van der Waals surface area contributed by atoms with Gasteiger partial charge in [-0.15, -0.1) is 0 Å². The maximum absolute atomic E-state index is 10.8. The molecular weight excluding hydrogens is 216 g/mol. The van der Waals surface area contributed by atoms with Crippen molar-refractivity contribution in [3.8, 4) is 5.75 Å². The Balaban J connectivity index is 2.65. The smallest absolute Gasteiger partial charge is 0.218 e. The van der Waals surface area contributed by atoms with Gasteiger partial charge in [-0.1, -0.05) is 19.1 Å². The van der Waals surface area contributed by atoms with Crippen LogP contribution < -0.4 is 11.1 Å². The van der Waals surface area contributed by atoms with E-state index in [1.165, 1.54) is 0 Å². The SMILES string of the molecule is CCC(NC(C)CC(N)=O)c1ccc(O)cc1. The number of hydrogen-bond donors (Lipinski definition) is 3. The van der Waals surface area contributed by atoms with Gasteiger partial charge in [0.2, 0.25) is 5.91 Å². The van der Waals surface area contributed by atoms with Crippen LogP contribution in [0.2, 0.25) is 0 Å². The number of phenolic OH excluding ortho intramolecular Hbond substituents is 1. The quantitative estimate of drug-likeness (QED) is 0.703. The molecule has 4 N–H and O–H groups in total. The topological polar surface area (TPSA) is 75.3 Å². The minimum Gasteiger partial charge on any atom is -0.508 e. The molecule has 1 aromatic carbocycles. The lowest BCUT2D eigenvalue weighted by atomic mass is 10.0. The number of nitrogens with two attached hydrogens (primary N) is 1. The zero-order valence-corrected chi connectivity index (χ0v) is 10.3. The lowest BCUT2D eigenvalue weighted by molar-refractivity contribution is -0.118. The first-order chi connectivity index (χ1) is 8.02. The molecule has 0 aliphatic rings. The number of aromatic hydroxyl groups is 1. The van der Waals surface area contributed by atoms with Crippen LogP contribution in [0.25, 0.3) is 0 Å². The Labute approximate surface area is 102 Å². The van der Waals surface area contributed by atoms with E-state index in [4.69, 9.17) is 5.73 Å². The van der Waals surface area contributed by atoms with E-state index in [9.17, 15) is 9.90 Å². The van der Waals surface area contributed by atoms with Gasteiger partial charge in [-0.25, -0.2) is 0 Å². The zero-order valence-electron chi connectivity index (χ0n) is 10.3. The number of amides is 1. The number of hydrogen-bond acceptors (Lipinski definition) is 3. The fraction of sp³-hybridized carbons (Fsp3) is 0.462. The number of phenols is 1. The fourth-order valence-electron chi connectivity index (χ4n) is 1.86. The van der Waals surface area contributed by atoms with Gasteiger partial charge < -0.3 is 16.2 Å². The summed E-state index contributed by atoms with van der Waals surface area (Å²) in [6.45, 7) is 4.01. The molecule has 94 valence electrons. The summed E-state index contributed by atoms with van der Waals surface area (Å²) >= 11 is 0. The second kappa shape index (κ2) is 6.25. The molecule has 1 amide bonds. The first-order valence-electron chi connectivity index (χ1n) is 5.86. The van der Waals surface area contributed by atoms with E-state index in [2.05, 4.69) is 12.2 Å². The second-order valence-corrected chi connectivity index (χ2v) is 4.29. The Kier molecular flexibility index (Phi) is 4.97. The molecule has 0 radical (unpaired) electrons. The Morgan fingerprint density at radius 1 is 1.41 bits per heavy atom. The van der Waals surface area contributed by atoms with Crippen LogP contribution in [0.15, 0.2) is 24.3 Å². The Morgan fingerprint density at radius 2 is 2.00 bits per heavy atom. The van der Waals surface area contributed by atoms with Crippen molar-refractivity contribution < 1.29 is 9.90 Å². The van der Waals surface area contributed by atoms with Crippen LogP contribution in [0.4, 0.5) is 0 Å². The number of primary amides is 1. The molecule has 4 nitrogen and oxygen atoms in total. The molecular formula is C13H20N2O2. The molecule has 1 rings (SSSR count). The molecule has 0 aliphatic heterocycles. The number of carbonyl (C=O) groups excluding carboxylic acids is 1. The summed E-state index contributed by atoms with van der Waals surface area (Å²) in [5.74, 6) is -0.0423. The summed E-state index contributed by atoms with van der Waals surface area (Å²) in [6, 6.07) is 7.31. The summed E-state index contributed by atoms with van der Waals surface area (Å²) in [5, 5.41) is 12.6. The fourth-order valence-corrected chi connectivity index (χ4v) is 1.86. The van der Waals surface area contributed by atoms with Crippen LogP contribution in [0.1, 0.15) is 38.3 Å². The molecule has 0 aliphatic carbocycles. The molecule has 0 heterocycles. The first kappa shape index (κ1) is 13.5. The van der Waals surface area contributed by atoms with Crippen molar-refractivity contribution in [2.24, 2.45) is 5.73 Å². The third kappa shape index (κ3) is 4.44. The monoisotopic (exact) mass is 236 g/mol. The average molecular weight is 236 g/mol. The Bertz CT molecular complexity index is 362. The van der Waals surface area contributed by atoms with E-state index in [1.54, 1.807) is 12.1 Å². The van der Waals surface area contributed by atoms with Gasteiger partial charge in [0, 0.05) is 18.5 Å². The average Bonchev–Trinajstić information content (AvgIpc) is 2.26. The van der Waals surface area contributed by atoms with E-state index in [0.29, 0.717) is 6.42 Å². The van der Waals surface area contributed by atoms with Crippen LogP contribution >= 0.6 is 0 Å². The number of rotatable bonds is 6. The van der Waals surface area contributed by atoms with Gasteiger partial charge >= 0.3 is 0 Å². The van der Waals surface area contributed by atoms with Crippen molar-refractivity contribution in [1.82, 2.24) is 5.32 Å². The second-order valence-electron chi connectivity index (χ2n) is 4.29. The van der Waals surface area contributed by atoms with Gasteiger partial charge in [0.25, 0.3) is 0 Å². The predicted octanol–water partition coefficient (Wildman–Crippen LogP) is 1.70. The van der Waals surface area contributed by atoms with Crippen molar-refractivity contribution in [2.45, 2.75) is 38.8 Å². The minimum absolute atomic E-state index is 0.0475. The van der Waals surface area contributed by atoms with Crippen molar-refractivity contribution in [2.75, 3.05) is 0 Å². The first-order valence-corrected chi connectivity index (χ1v) is 5.86. The van der Waals surface area contributed by atoms with E-state index < -0.39 is 0 Å². The number of carbonyl (C=O) groups is 1. The molecule has 0 saturated heterocycles. The number of benzene rings is 1. The predicted molar refractivity (Wildman–Crippen MR) is 67.5 cm³/mol. The van der Waals surface area contributed by atoms with Crippen molar-refractivity contribution in [3.05, 3.63) is 29.8 Å². The summed E-state index contributed by atoms with van der Waals surface area (Å²) < 4.78 is 0. The molecule has 0 aromatic heterocycles. The van der Waals surface area contributed by atoms with Gasteiger partial charge in [0.15, 0.2) is 0 Å². The maximum Gasteiger partial charge on any atom is 0.218 e. The molecule has 0 spiro atoms. The third-order valence-electron chi connectivity index (χ3n) is 2.70. The highest BCUT2D eigenvalue weighted by Gasteiger charge is 2.13. The van der Waals surface area contributed by atoms with E-state index in [1.807, 2.05) is 19.1 Å². The molecule has 17 heavy (non-hydrogen) atoms. The van der Waals surface area contributed by atoms with Crippen LogP contribution in [-0.4, -0.2) is 17.1 Å². The van der Waals surface area contributed by atoms with Gasteiger partial charge in [-0.3, -0.25) is 4.79 Å². The number of nitrogens with one attached hydrogen (secondary N) is 1. The lowest BCUT2D eigenvalue weighted by Crippen LogP contribution is -2.33. The highest BCUT2D eigenvalue weighted by atomic mass is 16.3. The van der Waals surface area contributed by atoms with Crippen LogP contribution in [0.5, 0.6) is 5.75 Å². The van der Waals surface area contributed by atoms with Crippen molar-refractivity contribution in [1.29, 1.82) is 0 Å². The summed E-state index contributed by atoms with van der Waals surface area (Å²) in [5.41, 5.74) is 6.26. The Hall–Kier alpha value is -1.55. The maximum atomic E-state index is 10.8. The van der Waals surface area contributed by atoms with Crippen LogP contribution in [0.3, 0.4) is 0 Å². The van der Waals surface area contributed by atoms with Gasteiger partial charge in [-0.05, 0) is 31.0 Å². The van der Waals surface area contributed by atoms with Gasteiger partial charge in [-0.2, -0.15) is 0 Å². The third-order valence-corrected chi connectivity index (χ3v) is 2.70. The molecule has 0 bridgehead atoms. The summed E-state index contributed by atoms with van der Waals surface area (Å²) in [4.78, 5) is 10.8. The molecule has 1 aromatic rings. The molecule has 2 atom stereocenters. The highest BCUT2D eigenvalue weighted by Crippen LogP contribution is 2.20. The van der Waals surface area contributed by atoms with E-state index in [-0.39, 0.29) is 23.7 Å². The van der Waals surface area contributed by atoms with Crippen LogP contribution in [-0.2, 0) is 4.79 Å². The zero-order chi connectivity index (χ0) is 12.8. The standard InChI is InChI=1S/C13H20N2O2/c1-3-12(15-9(2)8-13(14)17)10-4-6-11(16)7-5-10/h4-7,9,12,15-16H,3,8H2,1-2H3,(H2,14,17). The largest absolute Gasteiger partial charge is 0.508 e. The Morgan fingerprint density at radius 3 is 2.47 bits per heavy atom. The molecule has 4 heteroatoms. The molecule has 0 saturated carbocycles. The molecule has 0 fully saturated rings. The van der Waals surface area contributed by atoms with Gasteiger partial charge in [0.1, 0.15) is 5.75 Å². The van der Waals surface area contributed by atoms with E-state index in [0.717, 1.165) is 12.0 Å². The summed E-state index contributed by atoms with van der Waals surface area (Å²) in [6.07, 6.45) is 1.24. The van der Waals surface area contributed by atoms with Crippen LogP contribution in [0, 0.1) is 0 Å². The van der Waals surface area contributed by atoms with Gasteiger partial charge in [0.05, 0.1) is 0 Å².